The minimum atomic E-state index is -1.75. The number of fused-ring (bicyclic) bond motifs is 5. The van der Waals surface area contributed by atoms with E-state index in [0.29, 0.717) is 51.4 Å². The van der Waals surface area contributed by atoms with E-state index in [-0.39, 0.29) is 23.7 Å². The predicted octanol–water partition coefficient (Wildman–Crippen LogP) is -0.0284. The first-order valence-electron chi connectivity index (χ1n) is 24.3. The van der Waals surface area contributed by atoms with Crippen molar-refractivity contribution in [2.45, 2.75) is 230 Å². The molecule has 0 spiro atoms. The number of allylic oxidation sites excluding steroid dienone is 2. The molecule has 0 aromatic carbocycles. The highest BCUT2D eigenvalue weighted by Crippen LogP contribution is 2.76. The zero-order valence-corrected chi connectivity index (χ0v) is 40.2. The average Bonchev–Trinajstić information content (AvgIpc) is 3.64. The van der Waals surface area contributed by atoms with E-state index in [1.807, 2.05) is 34.6 Å². The first kappa shape index (κ1) is 52.8. The largest absolute Gasteiger partial charge is 0.394 e. The molecule has 18 nitrogen and oxygen atoms in total. The van der Waals surface area contributed by atoms with Gasteiger partial charge in [-0.1, -0.05) is 46.3 Å². The molecule has 0 radical (unpaired) electrons. The topological polar surface area (TPSA) is 298 Å². The highest BCUT2D eigenvalue weighted by Gasteiger charge is 2.74. The van der Waals surface area contributed by atoms with Gasteiger partial charge in [0.25, 0.3) is 0 Å². The van der Waals surface area contributed by atoms with Crippen molar-refractivity contribution in [3.63, 3.8) is 0 Å². The van der Waals surface area contributed by atoms with Gasteiger partial charge in [-0.05, 0) is 124 Å². The highest BCUT2D eigenvalue weighted by atomic mass is 16.8. The van der Waals surface area contributed by atoms with Crippen LogP contribution in [0.25, 0.3) is 0 Å². The molecule has 382 valence electrons. The first-order chi connectivity index (χ1) is 30.7. The number of hydrogen-bond acceptors (Lipinski definition) is 18. The molecule has 26 atom stereocenters. The molecule has 0 amide bonds. The second-order valence-corrected chi connectivity index (χ2v) is 23.0. The van der Waals surface area contributed by atoms with Crippen molar-refractivity contribution in [1.29, 1.82) is 0 Å². The van der Waals surface area contributed by atoms with Crippen LogP contribution in [0.4, 0.5) is 0 Å². The monoisotopic (exact) mass is 947 g/mol. The number of ether oxygens (including phenoxy) is 6. The molecule has 7 rings (SSSR count). The van der Waals surface area contributed by atoms with Gasteiger partial charge in [-0.3, -0.25) is 0 Å². The van der Waals surface area contributed by atoms with Gasteiger partial charge in [0, 0.05) is 0 Å². The van der Waals surface area contributed by atoms with Gasteiger partial charge in [-0.15, -0.1) is 0 Å². The Labute approximate surface area is 388 Å². The lowest BCUT2D eigenvalue weighted by Gasteiger charge is -2.72. The summed E-state index contributed by atoms with van der Waals surface area (Å²) in [5.41, 5.74) is -2.43. The molecular weight excluding hydrogens is 865 g/mol. The number of aliphatic hydroxyl groups excluding tert-OH is 12. The van der Waals surface area contributed by atoms with E-state index in [2.05, 4.69) is 26.8 Å². The summed E-state index contributed by atoms with van der Waals surface area (Å²) in [6, 6.07) is 0. The molecule has 4 aliphatic carbocycles. The summed E-state index contributed by atoms with van der Waals surface area (Å²) < 4.78 is 38.1. The highest BCUT2D eigenvalue weighted by molar-refractivity contribution is 5.22. The molecule has 0 aromatic heterocycles. The van der Waals surface area contributed by atoms with E-state index in [1.54, 1.807) is 0 Å². The van der Waals surface area contributed by atoms with Crippen LogP contribution in [-0.2, 0) is 28.4 Å². The van der Waals surface area contributed by atoms with Crippen molar-refractivity contribution < 1.29 is 89.7 Å². The predicted molar refractivity (Wildman–Crippen MR) is 234 cm³/mol. The smallest absolute Gasteiger partial charge is 0.187 e. The maximum absolute atomic E-state index is 12.7. The summed E-state index contributed by atoms with van der Waals surface area (Å²) in [6.07, 6.45) is -18.3. The summed E-state index contributed by atoms with van der Waals surface area (Å²) in [5.74, 6) is -1.12. The summed E-state index contributed by atoms with van der Waals surface area (Å²) in [7, 11) is 0. The molecule has 3 heterocycles. The van der Waals surface area contributed by atoms with Crippen LogP contribution >= 0.6 is 0 Å². The lowest BCUT2D eigenvalue weighted by atomic mass is 9.34. The second kappa shape index (κ2) is 19.2. The molecule has 3 saturated heterocycles. The molecular formula is C48H82O18. The van der Waals surface area contributed by atoms with Crippen molar-refractivity contribution >= 4 is 0 Å². The molecule has 7 fully saturated rings. The Morgan fingerprint density at radius 1 is 0.682 bits per heavy atom. The quantitative estimate of drug-likeness (QED) is 0.0904. The van der Waals surface area contributed by atoms with E-state index in [1.165, 1.54) is 6.92 Å². The molecule has 0 unspecified atom stereocenters. The number of aliphatic hydroxyl groups is 12. The normalized spacial score (nSPS) is 53.5. The summed E-state index contributed by atoms with van der Waals surface area (Å²) >= 11 is 0. The lowest BCUT2D eigenvalue weighted by Crippen LogP contribution is -2.71. The van der Waals surface area contributed by atoms with Crippen LogP contribution in [0.2, 0.25) is 0 Å². The maximum atomic E-state index is 12.7. The maximum Gasteiger partial charge on any atom is 0.187 e. The van der Waals surface area contributed by atoms with Gasteiger partial charge in [0.05, 0.1) is 43.2 Å². The van der Waals surface area contributed by atoms with Crippen LogP contribution in [0.1, 0.15) is 114 Å². The van der Waals surface area contributed by atoms with Crippen molar-refractivity contribution in [2.75, 3.05) is 13.2 Å². The third kappa shape index (κ3) is 8.69. The molecule has 7 aliphatic rings. The van der Waals surface area contributed by atoms with Gasteiger partial charge >= 0.3 is 0 Å². The first-order valence-corrected chi connectivity index (χ1v) is 24.3. The fraction of sp³-hybridized carbons (Fsp3) is 0.958. The van der Waals surface area contributed by atoms with Gasteiger partial charge in [0.2, 0.25) is 0 Å². The summed E-state index contributed by atoms with van der Waals surface area (Å²) in [6.45, 7) is 16.8. The Bertz CT molecular complexity index is 1700. The van der Waals surface area contributed by atoms with Crippen molar-refractivity contribution in [1.82, 2.24) is 0 Å². The van der Waals surface area contributed by atoms with Crippen LogP contribution in [0.15, 0.2) is 11.6 Å². The molecule has 66 heavy (non-hydrogen) atoms. The van der Waals surface area contributed by atoms with Gasteiger partial charge < -0.3 is 89.7 Å². The molecule has 4 saturated carbocycles. The Morgan fingerprint density at radius 3 is 1.89 bits per heavy atom. The fourth-order valence-corrected chi connectivity index (χ4v) is 14.9. The minimum Gasteiger partial charge on any atom is -0.394 e. The van der Waals surface area contributed by atoms with Gasteiger partial charge in [0.15, 0.2) is 18.9 Å². The van der Waals surface area contributed by atoms with E-state index >= 15 is 0 Å². The fourth-order valence-electron chi connectivity index (χ4n) is 14.9. The SMILES string of the molecule is CC(C)=CCC[C@](C)(O[C@@H]1O[C@H](CO)[C@@H](O)[C@H](O)[C@H]1O)[C@H]1CC[C@]2(C)[C@H]1[C@H](O)C[C@H]1[C@@]3(C)CC[C@H](O)C(C)(C)[C@@H]3[C@@H](O[C@@H]3O[C@H](CO)[C@@H](O)[C@H](O)[C@H]3O[C@@H]3O[C@@H](C)[C@H](O)[C@@H](O)[C@H]3O)C[C@]12C. The molecule has 0 bridgehead atoms. The van der Waals surface area contributed by atoms with Crippen LogP contribution in [0.5, 0.6) is 0 Å². The van der Waals surface area contributed by atoms with E-state index in [0.717, 1.165) is 5.57 Å². The minimum absolute atomic E-state index is 0.0861. The Morgan fingerprint density at radius 2 is 1.27 bits per heavy atom. The van der Waals surface area contributed by atoms with E-state index in [9.17, 15) is 61.3 Å². The Balaban J connectivity index is 1.27. The van der Waals surface area contributed by atoms with E-state index < -0.39 is 151 Å². The Hall–Kier alpha value is -0.980. The summed E-state index contributed by atoms with van der Waals surface area (Å²) in [4.78, 5) is 0. The van der Waals surface area contributed by atoms with Crippen LogP contribution in [0, 0.1) is 45.3 Å². The molecule has 12 N–H and O–H groups in total. The van der Waals surface area contributed by atoms with Crippen LogP contribution < -0.4 is 0 Å². The lowest BCUT2D eigenvalue weighted by molar-refractivity contribution is -0.382. The van der Waals surface area contributed by atoms with E-state index in [4.69, 9.17) is 28.4 Å². The summed E-state index contributed by atoms with van der Waals surface area (Å²) in [5, 5.41) is 132. The Kier molecular flexibility index (Phi) is 15.4. The number of rotatable bonds is 12. The molecule has 18 heteroatoms. The molecule has 0 aromatic rings. The van der Waals surface area contributed by atoms with Gasteiger partial charge in [0.1, 0.15) is 67.1 Å². The second-order valence-electron chi connectivity index (χ2n) is 23.0. The molecule has 3 aliphatic heterocycles. The third-order valence-corrected chi connectivity index (χ3v) is 18.7. The van der Waals surface area contributed by atoms with Crippen LogP contribution in [0.3, 0.4) is 0 Å². The van der Waals surface area contributed by atoms with Gasteiger partial charge in [-0.2, -0.15) is 0 Å². The van der Waals surface area contributed by atoms with Crippen molar-refractivity contribution in [2.24, 2.45) is 45.3 Å². The van der Waals surface area contributed by atoms with Crippen LogP contribution in [-0.4, -0.2) is 191 Å². The van der Waals surface area contributed by atoms with Crippen molar-refractivity contribution in [3.05, 3.63) is 11.6 Å². The number of hydrogen-bond donors (Lipinski definition) is 12. The standard InChI is InChI=1S/C48H82O18/c1-21(2)11-10-14-48(9,66-42-38(60)35(57)32(54)26(19-49)63-42)23-12-16-46(7)30(23)24(51)17-28-45(6)15-13-29(52)44(4,5)40(45)25(18-47(28,46)8)62-43-39(36(58)33(55)27(20-50)64-43)65-41-37(59)34(56)31(53)22(3)61-41/h11,22-43,49-60H,10,12-20H2,1-9H3/t22-,23-,24+,25-,26+,27+,28-,29-,30+,31-,32+,33+,34+,35-,36-,37+,38+,39+,40-,41-,42-,43+,45+,46+,47+,48-/m0/s1. The zero-order valence-electron chi connectivity index (χ0n) is 40.2. The van der Waals surface area contributed by atoms with Gasteiger partial charge in [-0.25, -0.2) is 0 Å². The average molecular weight is 947 g/mol. The third-order valence-electron chi connectivity index (χ3n) is 18.7. The van der Waals surface area contributed by atoms with Crippen molar-refractivity contribution in [3.8, 4) is 0 Å². The zero-order chi connectivity index (χ0) is 48.8.